The summed E-state index contributed by atoms with van der Waals surface area (Å²) in [6.45, 7) is 2.58. The van der Waals surface area contributed by atoms with Gasteiger partial charge in [-0.1, -0.05) is 0 Å². The molecule has 0 unspecified atom stereocenters. The molecule has 15 heavy (non-hydrogen) atoms. The fourth-order valence-corrected chi connectivity index (χ4v) is 1.23. The van der Waals surface area contributed by atoms with Crippen molar-refractivity contribution in [2.75, 3.05) is 24.6 Å². The van der Waals surface area contributed by atoms with E-state index in [1.807, 2.05) is 6.92 Å². The summed E-state index contributed by atoms with van der Waals surface area (Å²) in [4.78, 5) is 13.1. The number of hydrogen-bond donors (Lipinski definition) is 2. The van der Waals surface area contributed by atoms with Gasteiger partial charge in [0.05, 0.1) is 0 Å². The zero-order valence-electron chi connectivity index (χ0n) is 8.75. The first-order chi connectivity index (χ1) is 7.04. The quantitative estimate of drug-likeness (QED) is 0.813. The number of rotatable bonds is 2. The zero-order chi connectivity index (χ0) is 11.4. The van der Waals surface area contributed by atoms with Crippen molar-refractivity contribution in [1.29, 1.82) is 0 Å². The Balaban J connectivity index is 2.73. The second-order valence-electron chi connectivity index (χ2n) is 3.18. The third-order valence-corrected chi connectivity index (χ3v) is 2.79. The summed E-state index contributed by atoms with van der Waals surface area (Å²) >= 11 is 3.29. The fourth-order valence-electron chi connectivity index (χ4n) is 0.984. The molecule has 5 heteroatoms. The van der Waals surface area contributed by atoms with E-state index in [9.17, 15) is 4.79 Å². The summed E-state index contributed by atoms with van der Waals surface area (Å²) in [5, 5.41) is 2.75. The summed E-state index contributed by atoms with van der Waals surface area (Å²) in [7, 11) is 1.73. The monoisotopic (exact) mass is 271 g/mol. The fraction of sp³-hybridized carbons (Fsp3) is 0.300. The van der Waals surface area contributed by atoms with Gasteiger partial charge in [-0.2, -0.15) is 0 Å². The van der Waals surface area contributed by atoms with Crippen molar-refractivity contribution in [2.45, 2.75) is 6.92 Å². The molecule has 0 atom stereocenters. The number of nitrogens with one attached hydrogen (secondary N) is 1. The van der Waals surface area contributed by atoms with Crippen LogP contribution in [0.25, 0.3) is 0 Å². The second kappa shape index (κ2) is 5.02. The van der Waals surface area contributed by atoms with Gasteiger partial charge < -0.3 is 16.0 Å². The Labute approximate surface area is 97.6 Å². The first-order valence-corrected chi connectivity index (χ1v) is 5.41. The number of nitrogens with zero attached hydrogens (tertiary/aromatic N) is 1. The molecular weight excluding hydrogens is 258 g/mol. The number of anilines is 2. The minimum Gasteiger partial charge on any atom is -0.398 e. The lowest BCUT2D eigenvalue weighted by Gasteiger charge is -2.15. The van der Waals surface area contributed by atoms with E-state index in [1.54, 1.807) is 30.1 Å². The van der Waals surface area contributed by atoms with Crippen LogP contribution in [-0.2, 0) is 0 Å². The van der Waals surface area contributed by atoms with Crippen LogP contribution in [0.1, 0.15) is 6.92 Å². The molecule has 0 aliphatic heterocycles. The summed E-state index contributed by atoms with van der Waals surface area (Å²) < 4.78 is 0.823. The molecule has 82 valence electrons. The molecule has 0 fully saturated rings. The van der Waals surface area contributed by atoms with E-state index in [0.717, 1.165) is 4.47 Å². The maximum absolute atomic E-state index is 11.5. The third-order valence-electron chi connectivity index (χ3n) is 2.07. The summed E-state index contributed by atoms with van der Waals surface area (Å²) in [6, 6.07) is 5.17. The minimum atomic E-state index is -0.140. The van der Waals surface area contributed by atoms with Crippen LogP contribution in [0.5, 0.6) is 0 Å². The van der Waals surface area contributed by atoms with Crippen LogP contribution in [0, 0.1) is 0 Å². The highest BCUT2D eigenvalue weighted by Gasteiger charge is 2.06. The number of benzene rings is 1. The summed E-state index contributed by atoms with van der Waals surface area (Å²) in [6.07, 6.45) is 0. The molecule has 1 aromatic carbocycles. The van der Waals surface area contributed by atoms with Gasteiger partial charge in [0.2, 0.25) is 0 Å². The Kier molecular flexibility index (Phi) is 3.96. The lowest BCUT2D eigenvalue weighted by Crippen LogP contribution is -2.30. The molecule has 0 saturated carbocycles. The molecule has 0 aliphatic carbocycles. The number of halogens is 1. The van der Waals surface area contributed by atoms with E-state index in [-0.39, 0.29) is 6.03 Å². The predicted molar refractivity (Wildman–Crippen MR) is 65.9 cm³/mol. The van der Waals surface area contributed by atoms with Gasteiger partial charge in [0, 0.05) is 29.4 Å². The molecule has 1 aromatic rings. The van der Waals surface area contributed by atoms with Crippen LogP contribution in [0.3, 0.4) is 0 Å². The van der Waals surface area contributed by atoms with Gasteiger partial charge in [-0.15, -0.1) is 0 Å². The first kappa shape index (κ1) is 11.8. The van der Waals surface area contributed by atoms with E-state index in [2.05, 4.69) is 21.2 Å². The van der Waals surface area contributed by atoms with Gasteiger partial charge in [-0.05, 0) is 41.1 Å². The number of hydrogen-bond acceptors (Lipinski definition) is 2. The highest BCUT2D eigenvalue weighted by molar-refractivity contribution is 9.10. The lowest BCUT2D eigenvalue weighted by molar-refractivity contribution is 0.224. The molecular formula is C10H14BrN3O. The Morgan fingerprint density at radius 3 is 2.80 bits per heavy atom. The molecule has 0 saturated heterocycles. The normalized spacial score (nSPS) is 9.80. The molecule has 3 N–H and O–H groups in total. The van der Waals surface area contributed by atoms with Gasteiger partial charge in [0.15, 0.2) is 0 Å². The van der Waals surface area contributed by atoms with Crippen LogP contribution in [0.15, 0.2) is 22.7 Å². The Morgan fingerprint density at radius 2 is 2.27 bits per heavy atom. The van der Waals surface area contributed by atoms with Gasteiger partial charge in [-0.25, -0.2) is 4.79 Å². The number of carbonyl (C=O) groups excluding carboxylic acids is 1. The number of urea groups is 1. The van der Waals surface area contributed by atoms with Crippen molar-refractivity contribution in [1.82, 2.24) is 4.90 Å². The largest absolute Gasteiger partial charge is 0.398 e. The highest BCUT2D eigenvalue weighted by atomic mass is 79.9. The number of nitrogen functional groups attached to an aromatic ring is 1. The number of nitrogens with two attached hydrogens (primary N) is 1. The van der Waals surface area contributed by atoms with E-state index < -0.39 is 0 Å². The SMILES string of the molecule is CCN(C)C(=O)Nc1ccc(Br)c(N)c1. The lowest BCUT2D eigenvalue weighted by atomic mass is 10.3. The van der Waals surface area contributed by atoms with E-state index in [0.29, 0.717) is 17.9 Å². The average Bonchev–Trinajstić information content (AvgIpc) is 2.22. The van der Waals surface area contributed by atoms with Crippen LogP contribution in [-0.4, -0.2) is 24.5 Å². The maximum Gasteiger partial charge on any atom is 0.321 e. The molecule has 0 spiro atoms. The van der Waals surface area contributed by atoms with Crippen molar-refractivity contribution < 1.29 is 4.79 Å². The van der Waals surface area contributed by atoms with Gasteiger partial charge >= 0.3 is 6.03 Å². The zero-order valence-corrected chi connectivity index (χ0v) is 10.3. The van der Waals surface area contributed by atoms with Gasteiger partial charge in [0.25, 0.3) is 0 Å². The van der Waals surface area contributed by atoms with E-state index in [4.69, 9.17) is 5.73 Å². The number of amides is 2. The Morgan fingerprint density at radius 1 is 1.60 bits per heavy atom. The van der Waals surface area contributed by atoms with Crippen LogP contribution in [0.2, 0.25) is 0 Å². The summed E-state index contributed by atoms with van der Waals surface area (Å²) in [5.41, 5.74) is 6.99. The standard InChI is InChI=1S/C10H14BrN3O/c1-3-14(2)10(15)13-7-4-5-8(11)9(12)6-7/h4-6H,3,12H2,1-2H3,(H,13,15). The van der Waals surface area contributed by atoms with E-state index in [1.165, 1.54) is 0 Å². The Bertz CT molecular complexity index is 368. The smallest absolute Gasteiger partial charge is 0.321 e. The molecule has 2 amide bonds. The van der Waals surface area contributed by atoms with Crippen molar-refractivity contribution >= 4 is 33.3 Å². The molecule has 0 aliphatic rings. The van der Waals surface area contributed by atoms with Gasteiger partial charge in [0.1, 0.15) is 0 Å². The first-order valence-electron chi connectivity index (χ1n) is 4.61. The van der Waals surface area contributed by atoms with E-state index >= 15 is 0 Å². The van der Waals surface area contributed by atoms with Crippen molar-refractivity contribution in [3.63, 3.8) is 0 Å². The predicted octanol–water partition coefficient (Wildman–Crippen LogP) is 2.51. The Hall–Kier alpha value is -1.23. The number of carbonyl (C=O) groups is 1. The maximum atomic E-state index is 11.5. The van der Waals surface area contributed by atoms with Crippen molar-refractivity contribution in [3.8, 4) is 0 Å². The van der Waals surface area contributed by atoms with Crippen LogP contribution in [0.4, 0.5) is 16.2 Å². The molecule has 0 radical (unpaired) electrons. The molecule has 4 nitrogen and oxygen atoms in total. The average molecular weight is 272 g/mol. The molecule has 0 bridgehead atoms. The highest BCUT2D eigenvalue weighted by Crippen LogP contribution is 2.22. The molecule has 0 heterocycles. The van der Waals surface area contributed by atoms with Crippen LogP contribution < -0.4 is 11.1 Å². The van der Waals surface area contributed by atoms with Gasteiger partial charge in [-0.3, -0.25) is 0 Å². The molecule has 1 rings (SSSR count). The summed E-state index contributed by atoms with van der Waals surface area (Å²) in [5.74, 6) is 0. The van der Waals surface area contributed by atoms with Crippen molar-refractivity contribution in [2.24, 2.45) is 0 Å². The topological polar surface area (TPSA) is 58.4 Å². The second-order valence-corrected chi connectivity index (χ2v) is 4.03. The third kappa shape index (κ3) is 3.13. The molecule has 0 aromatic heterocycles. The van der Waals surface area contributed by atoms with Crippen LogP contribution >= 0.6 is 15.9 Å². The van der Waals surface area contributed by atoms with Crippen molar-refractivity contribution in [3.05, 3.63) is 22.7 Å². The minimum absolute atomic E-state index is 0.140.